The Morgan fingerprint density at radius 2 is 1.96 bits per heavy atom. The normalized spacial score (nSPS) is 13.4. The van der Waals surface area contributed by atoms with E-state index < -0.39 is 0 Å². The van der Waals surface area contributed by atoms with Crippen LogP contribution in [0.4, 0.5) is 5.82 Å². The summed E-state index contributed by atoms with van der Waals surface area (Å²) in [5.74, 6) is 1.78. The molecular formula is C19H35N5O. The molecule has 0 aromatic carbocycles. The van der Waals surface area contributed by atoms with Crippen molar-refractivity contribution in [1.29, 1.82) is 0 Å². The highest BCUT2D eigenvalue weighted by Crippen LogP contribution is 2.21. The first kappa shape index (κ1) is 21.2. The van der Waals surface area contributed by atoms with E-state index in [4.69, 9.17) is 4.74 Å². The number of nitrogens with zero attached hydrogens (tertiary/aromatic N) is 2. The summed E-state index contributed by atoms with van der Waals surface area (Å²) >= 11 is 0. The maximum Gasteiger partial charge on any atom is 0.191 e. The molecule has 1 unspecified atom stereocenters. The van der Waals surface area contributed by atoms with E-state index in [9.17, 15) is 0 Å². The average Bonchev–Trinajstić information content (AvgIpc) is 2.58. The lowest BCUT2D eigenvalue weighted by Gasteiger charge is -2.28. The standard InChI is InChI=1S/C19H35N5O/c1-6-20-18(24-15-16(25-5)19(2,3)4)23-14-10-9-13-22-17-11-7-8-12-21-17/h7-8,11-12,16H,6,9-10,13-15H2,1-5H3,(H,21,22)(H2,20,23,24). The van der Waals surface area contributed by atoms with Crippen molar-refractivity contribution in [3.63, 3.8) is 0 Å². The van der Waals surface area contributed by atoms with Gasteiger partial charge in [0, 0.05) is 32.9 Å². The Balaban J connectivity index is 2.29. The van der Waals surface area contributed by atoms with E-state index in [-0.39, 0.29) is 11.5 Å². The van der Waals surface area contributed by atoms with Gasteiger partial charge in [0.05, 0.1) is 12.6 Å². The van der Waals surface area contributed by atoms with Gasteiger partial charge < -0.3 is 20.7 Å². The minimum Gasteiger partial charge on any atom is -0.379 e. The van der Waals surface area contributed by atoms with Crippen molar-refractivity contribution in [2.75, 3.05) is 38.6 Å². The summed E-state index contributed by atoms with van der Waals surface area (Å²) in [6, 6.07) is 5.89. The van der Waals surface area contributed by atoms with Gasteiger partial charge in [-0.3, -0.25) is 4.99 Å². The zero-order chi connectivity index (χ0) is 18.5. The zero-order valence-electron chi connectivity index (χ0n) is 16.4. The Kier molecular flexibility index (Phi) is 9.92. The van der Waals surface area contributed by atoms with Crippen LogP contribution in [0.3, 0.4) is 0 Å². The Bertz CT molecular complexity index is 484. The molecular weight excluding hydrogens is 314 g/mol. The Hall–Kier alpha value is -1.82. The van der Waals surface area contributed by atoms with Crippen molar-refractivity contribution < 1.29 is 4.74 Å². The number of anilines is 1. The molecule has 0 aliphatic heterocycles. The molecule has 6 nitrogen and oxygen atoms in total. The summed E-state index contributed by atoms with van der Waals surface area (Å²) < 4.78 is 5.57. The van der Waals surface area contributed by atoms with Crippen molar-refractivity contribution in [3.05, 3.63) is 24.4 Å². The molecule has 0 saturated heterocycles. The first-order valence-electron chi connectivity index (χ1n) is 9.17. The van der Waals surface area contributed by atoms with Crippen LogP contribution in [0, 0.1) is 5.41 Å². The lowest BCUT2D eigenvalue weighted by molar-refractivity contribution is 0.0241. The molecule has 0 saturated carbocycles. The van der Waals surface area contributed by atoms with Crippen molar-refractivity contribution >= 4 is 11.8 Å². The number of ether oxygens (including phenoxy) is 1. The first-order valence-corrected chi connectivity index (χ1v) is 9.17. The first-order chi connectivity index (χ1) is 12.0. The monoisotopic (exact) mass is 349 g/mol. The maximum absolute atomic E-state index is 5.57. The highest BCUT2D eigenvalue weighted by Gasteiger charge is 2.23. The lowest BCUT2D eigenvalue weighted by Crippen LogP contribution is -2.39. The van der Waals surface area contributed by atoms with Gasteiger partial charge in [-0.2, -0.15) is 0 Å². The smallest absolute Gasteiger partial charge is 0.191 e. The molecule has 6 heteroatoms. The van der Waals surface area contributed by atoms with Crippen LogP contribution >= 0.6 is 0 Å². The number of rotatable bonds is 10. The van der Waals surface area contributed by atoms with Crippen LogP contribution in [0.2, 0.25) is 0 Å². The minimum absolute atomic E-state index is 0.0761. The molecule has 1 aromatic rings. The van der Waals surface area contributed by atoms with Gasteiger partial charge in [0.25, 0.3) is 0 Å². The molecule has 1 aromatic heterocycles. The highest BCUT2D eigenvalue weighted by molar-refractivity contribution is 5.79. The molecule has 0 radical (unpaired) electrons. The average molecular weight is 350 g/mol. The van der Waals surface area contributed by atoms with E-state index >= 15 is 0 Å². The van der Waals surface area contributed by atoms with Crippen molar-refractivity contribution in [2.24, 2.45) is 10.4 Å². The molecule has 0 aliphatic rings. The summed E-state index contributed by atoms with van der Waals surface area (Å²) in [4.78, 5) is 8.91. The fourth-order valence-corrected chi connectivity index (χ4v) is 2.36. The third-order valence-electron chi connectivity index (χ3n) is 3.88. The predicted octanol–water partition coefficient (Wildman–Crippen LogP) is 2.89. The van der Waals surface area contributed by atoms with E-state index in [0.717, 1.165) is 44.3 Å². The highest BCUT2D eigenvalue weighted by atomic mass is 16.5. The molecule has 0 amide bonds. The van der Waals surface area contributed by atoms with Crippen molar-refractivity contribution in [1.82, 2.24) is 15.6 Å². The van der Waals surface area contributed by atoms with Gasteiger partial charge in [-0.05, 0) is 37.3 Å². The fraction of sp³-hybridized carbons (Fsp3) is 0.684. The second kappa shape index (κ2) is 11.7. The van der Waals surface area contributed by atoms with Gasteiger partial charge in [0.1, 0.15) is 5.82 Å². The van der Waals surface area contributed by atoms with Crippen LogP contribution in [-0.4, -0.2) is 50.3 Å². The molecule has 0 bridgehead atoms. The second-order valence-electron chi connectivity index (χ2n) is 7.09. The fourth-order valence-electron chi connectivity index (χ4n) is 2.36. The van der Waals surface area contributed by atoms with Crippen LogP contribution in [0.25, 0.3) is 0 Å². The van der Waals surface area contributed by atoms with E-state index in [1.807, 2.05) is 18.2 Å². The van der Waals surface area contributed by atoms with Gasteiger partial charge in [-0.15, -0.1) is 0 Å². The quantitative estimate of drug-likeness (QED) is 0.344. The third-order valence-corrected chi connectivity index (χ3v) is 3.88. The molecule has 142 valence electrons. The van der Waals surface area contributed by atoms with E-state index in [1.54, 1.807) is 13.3 Å². The zero-order valence-corrected chi connectivity index (χ0v) is 16.4. The molecule has 3 N–H and O–H groups in total. The second-order valence-corrected chi connectivity index (χ2v) is 7.09. The SMILES string of the molecule is CCNC(=NCC(OC)C(C)(C)C)NCCCCNc1ccccn1. The number of unbranched alkanes of at least 4 members (excludes halogenated alkanes) is 1. The number of guanidine groups is 1. The molecule has 0 fully saturated rings. The van der Waals surface area contributed by atoms with Crippen LogP contribution in [0.15, 0.2) is 29.4 Å². The summed E-state index contributed by atoms with van der Waals surface area (Å²) in [5.41, 5.74) is 0.0761. The number of hydrogen-bond donors (Lipinski definition) is 3. The van der Waals surface area contributed by atoms with Crippen LogP contribution in [0.1, 0.15) is 40.5 Å². The number of nitrogens with one attached hydrogen (secondary N) is 3. The molecule has 25 heavy (non-hydrogen) atoms. The summed E-state index contributed by atoms with van der Waals surface area (Å²) in [6.45, 7) is 11.9. The van der Waals surface area contributed by atoms with E-state index in [1.165, 1.54) is 0 Å². The molecule has 0 spiro atoms. The van der Waals surface area contributed by atoms with E-state index in [0.29, 0.717) is 6.54 Å². The minimum atomic E-state index is 0.0761. The summed E-state index contributed by atoms with van der Waals surface area (Å²) in [6.07, 6.45) is 4.04. The van der Waals surface area contributed by atoms with Gasteiger partial charge in [0.2, 0.25) is 0 Å². The number of hydrogen-bond acceptors (Lipinski definition) is 4. The Morgan fingerprint density at radius 3 is 2.56 bits per heavy atom. The topological polar surface area (TPSA) is 70.6 Å². The number of pyridine rings is 1. The number of aromatic nitrogens is 1. The van der Waals surface area contributed by atoms with Gasteiger partial charge in [-0.1, -0.05) is 26.8 Å². The molecule has 1 rings (SSSR count). The van der Waals surface area contributed by atoms with Crippen LogP contribution in [0.5, 0.6) is 0 Å². The largest absolute Gasteiger partial charge is 0.379 e. The van der Waals surface area contributed by atoms with Crippen molar-refractivity contribution in [2.45, 2.75) is 46.6 Å². The van der Waals surface area contributed by atoms with Crippen LogP contribution in [-0.2, 0) is 4.74 Å². The summed E-state index contributed by atoms with van der Waals surface area (Å²) in [7, 11) is 1.75. The predicted molar refractivity (Wildman–Crippen MR) is 106 cm³/mol. The molecule has 1 heterocycles. The number of aliphatic imine (C=N–C) groups is 1. The lowest BCUT2D eigenvalue weighted by atomic mass is 9.89. The molecule has 1 atom stereocenters. The van der Waals surface area contributed by atoms with Gasteiger partial charge >= 0.3 is 0 Å². The molecule has 0 aliphatic carbocycles. The Labute approximate surface area is 152 Å². The third kappa shape index (κ3) is 9.29. The summed E-state index contributed by atoms with van der Waals surface area (Å²) in [5, 5.41) is 10.00. The maximum atomic E-state index is 5.57. The van der Waals surface area contributed by atoms with E-state index in [2.05, 4.69) is 53.6 Å². The number of methoxy groups -OCH3 is 1. The van der Waals surface area contributed by atoms with Gasteiger partial charge in [0.15, 0.2) is 5.96 Å². The van der Waals surface area contributed by atoms with Gasteiger partial charge in [-0.25, -0.2) is 4.98 Å². The Morgan fingerprint density at radius 1 is 1.20 bits per heavy atom. The van der Waals surface area contributed by atoms with Crippen molar-refractivity contribution in [3.8, 4) is 0 Å². The van der Waals surface area contributed by atoms with Crippen LogP contribution < -0.4 is 16.0 Å².